The number of amides is 1. The first-order chi connectivity index (χ1) is 9.68. The first-order valence-electron chi connectivity index (χ1n) is 7.44. The van der Waals surface area contributed by atoms with Crippen molar-refractivity contribution in [2.45, 2.75) is 38.6 Å². The highest BCUT2D eigenvalue weighted by atomic mass is 19.1. The Bertz CT molecular complexity index is 442. The van der Waals surface area contributed by atoms with Gasteiger partial charge in [0.2, 0.25) is 5.91 Å². The van der Waals surface area contributed by atoms with Crippen molar-refractivity contribution in [3.05, 3.63) is 35.6 Å². The molecule has 1 unspecified atom stereocenters. The van der Waals surface area contributed by atoms with Crippen molar-refractivity contribution in [1.82, 2.24) is 10.2 Å². The van der Waals surface area contributed by atoms with E-state index < -0.39 is 0 Å². The van der Waals surface area contributed by atoms with Gasteiger partial charge in [0.25, 0.3) is 0 Å². The molecular weight excluding hydrogens is 255 g/mol. The standard InChI is InChI=1S/C16H23FN2O/c1-13(14-8-4-5-9-15(14)17)18-12-16(20)19-10-6-2-3-7-11-19/h4-5,8-9,13,18H,2-3,6-7,10-12H2,1H3. The van der Waals surface area contributed by atoms with Crippen molar-refractivity contribution in [3.63, 3.8) is 0 Å². The highest BCUT2D eigenvalue weighted by Gasteiger charge is 2.17. The van der Waals surface area contributed by atoms with Crippen LogP contribution in [-0.4, -0.2) is 30.4 Å². The second kappa shape index (κ2) is 7.39. The summed E-state index contributed by atoms with van der Waals surface area (Å²) in [5.41, 5.74) is 0.608. The van der Waals surface area contributed by atoms with E-state index in [0.717, 1.165) is 25.9 Å². The third kappa shape index (κ3) is 4.04. The predicted molar refractivity (Wildman–Crippen MR) is 77.9 cm³/mol. The van der Waals surface area contributed by atoms with Crippen LogP contribution in [0.4, 0.5) is 4.39 Å². The largest absolute Gasteiger partial charge is 0.342 e. The maximum Gasteiger partial charge on any atom is 0.236 e. The molecule has 0 bridgehead atoms. The van der Waals surface area contributed by atoms with Gasteiger partial charge in [0.05, 0.1) is 6.54 Å². The minimum atomic E-state index is -0.227. The summed E-state index contributed by atoms with van der Waals surface area (Å²) in [6.45, 7) is 3.87. The number of benzene rings is 1. The Morgan fingerprint density at radius 2 is 1.90 bits per heavy atom. The van der Waals surface area contributed by atoms with Crippen molar-refractivity contribution in [3.8, 4) is 0 Å². The minimum Gasteiger partial charge on any atom is -0.342 e. The second-order valence-corrected chi connectivity index (χ2v) is 5.42. The van der Waals surface area contributed by atoms with Crippen molar-refractivity contribution < 1.29 is 9.18 Å². The molecule has 2 rings (SSSR count). The third-order valence-electron chi connectivity index (χ3n) is 3.89. The monoisotopic (exact) mass is 278 g/mol. The molecule has 0 spiro atoms. The Kier molecular flexibility index (Phi) is 5.53. The van der Waals surface area contributed by atoms with Gasteiger partial charge in [0.1, 0.15) is 5.82 Å². The Labute approximate surface area is 120 Å². The number of carbonyl (C=O) groups excluding carboxylic acids is 1. The molecule has 110 valence electrons. The van der Waals surface area contributed by atoms with Gasteiger partial charge in [-0.15, -0.1) is 0 Å². The highest BCUT2D eigenvalue weighted by Crippen LogP contribution is 2.16. The summed E-state index contributed by atoms with van der Waals surface area (Å²) in [7, 11) is 0. The maximum absolute atomic E-state index is 13.6. The number of rotatable bonds is 4. The molecule has 1 amide bonds. The quantitative estimate of drug-likeness (QED) is 0.918. The van der Waals surface area contributed by atoms with Gasteiger partial charge < -0.3 is 10.2 Å². The maximum atomic E-state index is 13.6. The zero-order chi connectivity index (χ0) is 14.4. The van der Waals surface area contributed by atoms with Crippen molar-refractivity contribution >= 4 is 5.91 Å². The van der Waals surface area contributed by atoms with Crippen LogP contribution in [0.3, 0.4) is 0 Å². The van der Waals surface area contributed by atoms with E-state index in [1.54, 1.807) is 12.1 Å². The van der Waals surface area contributed by atoms with E-state index in [1.165, 1.54) is 18.9 Å². The van der Waals surface area contributed by atoms with Crippen LogP contribution in [0.15, 0.2) is 24.3 Å². The normalized spacial score (nSPS) is 17.6. The summed E-state index contributed by atoms with van der Waals surface area (Å²) in [4.78, 5) is 14.1. The fraction of sp³-hybridized carbons (Fsp3) is 0.562. The van der Waals surface area contributed by atoms with Gasteiger partial charge in [0.15, 0.2) is 0 Å². The molecule has 3 nitrogen and oxygen atoms in total. The van der Waals surface area contributed by atoms with Crippen molar-refractivity contribution in [1.29, 1.82) is 0 Å². The van der Waals surface area contributed by atoms with Crippen molar-refractivity contribution in [2.24, 2.45) is 0 Å². The van der Waals surface area contributed by atoms with Gasteiger partial charge in [-0.1, -0.05) is 31.0 Å². The molecule has 1 heterocycles. The number of carbonyl (C=O) groups is 1. The summed E-state index contributed by atoms with van der Waals surface area (Å²) in [5.74, 6) is -0.107. The van der Waals surface area contributed by atoms with E-state index in [9.17, 15) is 9.18 Å². The average Bonchev–Trinajstić information content (AvgIpc) is 2.74. The van der Waals surface area contributed by atoms with E-state index in [4.69, 9.17) is 0 Å². The Morgan fingerprint density at radius 3 is 2.55 bits per heavy atom. The fourth-order valence-electron chi connectivity index (χ4n) is 2.61. The average molecular weight is 278 g/mol. The van der Waals surface area contributed by atoms with Crippen LogP contribution < -0.4 is 5.32 Å². The lowest BCUT2D eigenvalue weighted by Crippen LogP contribution is -2.39. The molecule has 1 aromatic carbocycles. The number of nitrogens with zero attached hydrogens (tertiary/aromatic N) is 1. The van der Waals surface area contributed by atoms with Gasteiger partial charge in [-0.05, 0) is 25.8 Å². The molecule has 1 fully saturated rings. The Morgan fingerprint density at radius 1 is 1.25 bits per heavy atom. The molecule has 20 heavy (non-hydrogen) atoms. The van der Waals surface area contributed by atoms with E-state index in [2.05, 4.69) is 5.32 Å². The van der Waals surface area contributed by atoms with Crippen LogP contribution in [0, 0.1) is 5.82 Å². The Balaban J connectivity index is 1.85. The van der Waals surface area contributed by atoms with Gasteiger partial charge in [-0.2, -0.15) is 0 Å². The fourth-order valence-corrected chi connectivity index (χ4v) is 2.61. The van der Waals surface area contributed by atoms with Crippen LogP contribution in [0.2, 0.25) is 0 Å². The SMILES string of the molecule is CC(NCC(=O)N1CCCCCC1)c1ccccc1F. The van der Waals surface area contributed by atoms with Crippen LogP contribution in [0.1, 0.15) is 44.2 Å². The summed E-state index contributed by atoms with van der Waals surface area (Å²) in [6.07, 6.45) is 4.61. The van der Waals surface area contributed by atoms with Crippen LogP contribution >= 0.6 is 0 Å². The molecule has 0 aliphatic carbocycles. The molecule has 4 heteroatoms. The van der Waals surface area contributed by atoms with Crippen molar-refractivity contribution in [2.75, 3.05) is 19.6 Å². The lowest BCUT2D eigenvalue weighted by Gasteiger charge is -2.22. The summed E-state index contributed by atoms with van der Waals surface area (Å²) in [5, 5.41) is 3.13. The van der Waals surface area contributed by atoms with E-state index in [1.807, 2.05) is 17.9 Å². The van der Waals surface area contributed by atoms with E-state index >= 15 is 0 Å². The molecule has 0 radical (unpaired) electrons. The molecule has 1 aliphatic rings. The van der Waals surface area contributed by atoms with E-state index in [0.29, 0.717) is 5.56 Å². The lowest BCUT2D eigenvalue weighted by molar-refractivity contribution is -0.130. The number of likely N-dealkylation sites (tertiary alicyclic amines) is 1. The molecule has 1 atom stereocenters. The number of nitrogens with one attached hydrogen (secondary N) is 1. The minimum absolute atomic E-state index is 0.120. The molecule has 0 saturated carbocycles. The van der Waals surface area contributed by atoms with Gasteiger partial charge >= 0.3 is 0 Å². The molecule has 1 N–H and O–H groups in total. The predicted octanol–water partition coefficient (Wildman–Crippen LogP) is 2.88. The van der Waals surface area contributed by atoms with Gasteiger partial charge in [-0.25, -0.2) is 4.39 Å². The second-order valence-electron chi connectivity index (χ2n) is 5.42. The number of hydrogen-bond donors (Lipinski definition) is 1. The number of halogens is 1. The Hall–Kier alpha value is -1.42. The molecular formula is C16H23FN2O. The smallest absolute Gasteiger partial charge is 0.236 e. The first kappa shape index (κ1) is 15.0. The molecule has 1 aliphatic heterocycles. The van der Waals surface area contributed by atoms with E-state index in [-0.39, 0.29) is 24.3 Å². The van der Waals surface area contributed by atoms with Crippen LogP contribution in [0.5, 0.6) is 0 Å². The lowest BCUT2D eigenvalue weighted by atomic mass is 10.1. The molecule has 0 aromatic heterocycles. The third-order valence-corrected chi connectivity index (χ3v) is 3.89. The zero-order valence-electron chi connectivity index (χ0n) is 12.1. The van der Waals surface area contributed by atoms with Gasteiger partial charge in [-0.3, -0.25) is 4.79 Å². The number of hydrogen-bond acceptors (Lipinski definition) is 2. The summed E-state index contributed by atoms with van der Waals surface area (Å²) < 4.78 is 13.6. The van der Waals surface area contributed by atoms with Gasteiger partial charge in [0, 0.05) is 24.7 Å². The summed E-state index contributed by atoms with van der Waals surface area (Å²) in [6, 6.07) is 6.53. The first-order valence-corrected chi connectivity index (χ1v) is 7.44. The molecule has 1 saturated heterocycles. The van der Waals surface area contributed by atoms with Crippen LogP contribution in [-0.2, 0) is 4.79 Å². The molecule has 1 aromatic rings. The topological polar surface area (TPSA) is 32.3 Å². The zero-order valence-corrected chi connectivity index (χ0v) is 12.1. The summed E-state index contributed by atoms with van der Waals surface area (Å²) >= 11 is 0. The highest BCUT2D eigenvalue weighted by molar-refractivity contribution is 5.78. The van der Waals surface area contributed by atoms with Crippen LogP contribution in [0.25, 0.3) is 0 Å².